The average molecular weight is 470 g/mol. The molecule has 0 atom stereocenters. The highest BCUT2D eigenvalue weighted by Gasteiger charge is 2.25. The van der Waals surface area contributed by atoms with E-state index in [4.69, 9.17) is 9.26 Å². The van der Waals surface area contributed by atoms with E-state index in [0.29, 0.717) is 50.3 Å². The smallest absolute Gasteiger partial charge is 0.315 e. The minimum atomic E-state index is -0.0728. The number of likely N-dealkylation sites (tertiary alicyclic amines) is 1. The fraction of sp³-hybridized carbons (Fsp3) is 0.600. The Kier molecular flexibility index (Phi) is 8.38. The van der Waals surface area contributed by atoms with Gasteiger partial charge in [-0.25, -0.2) is 4.79 Å². The van der Waals surface area contributed by atoms with Gasteiger partial charge in [-0.05, 0) is 56.9 Å². The Morgan fingerprint density at radius 2 is 1.71 bits per heavy atom. The number of ether oxygens (including phenoxy) is 1. The molecule has 0 spiro atoms. The molecule has 3 amide bonds. The van der Waals surface area contributed by atoms with Crippen LogP contribution in [0.3, 0.4) is 0 Å². The van der Waals surface area contributed by atoms with Gasteiger partial charge in [0.1, 0.15) is 5.75 Å². The van der Waals surface area contributed by atoms with E-state index in [-0.39, 0.29) is 18.0 Å². The molecule has 2 aliphatic rings. The van der Waals surface area contributed by atoms with Gasteiger partial charge in [0.25, 0.3) is 0 Å². The van der Waals surface area contributed by atoms with Gasteiger partial charge in [0.2, 0.25) is 17.6 Å². The van der Waals surface area contributed by atoms with Crippen molar-refractivity contribution in [1.29, 1.82) is 0 Å². The van der Waals surface area contributed by atoms with Gasteiger partial charge in [-0.2, -0.15) is 4.98 Å². The van der Waals surface area contributed by atoms with Gasteiger partial charge >= 0.3 is 6.03 Å². The van der Waals surface area contributed by atoms with E-state index in [9.17, 15) is 9.59 Å². The van der Waals surface area contributed by atoms with E-state index >= 15 is 0 Å². The Bertz CT molecular complexity index is 931. The van der Waals surface area contributed by atoms with E-state index in [1.165, 1.54) is 19.3 Å². The van der Waals surface area contributed by atoms with Crippen LogP contribution < -0.4 is 15.4 Å². The van der Waals surface area contributed by atoms with E-state index in [2.05, 4.69) is 20.8 Å². The number of nitrogens with one attached hydrogen (secondary N) is 2. The number of amides is 3. The van der Waals surface area contributed by atoms with Crippen LogP contribution in [0.4, 0.5) is 4.79 Å². The number of urea groups is 1. The number of aromatic nitrogens is 2. The molecule has 1 saturated heterocycles. The number of nitrogens with zero attached hydrogens (tertiary/aromatic N) is 3. The van der Waals surface area contributed by atoms with Gasteiger partial charge in [0.05, 0.1) is 6.61 Å². The summed E-state index contributed by atoms with van der Waals surface area (Å²) >= 11 is 0. The molecule has 9 heteroatoms. The number of carbonyl (C=O) groups excluding carboxylic acids is 2. The number of hydrogen-bond acceptors (Lipinski definition) is 6. The third kappa shape index (κ3) is 6.71. The minimum absolute atomic E-state index is 0.0728. The number of benzene rings is 1. The van der Waals surface area contributed by atoms with Crippen molar-refractivity contribution in [3.05, 3.63) is 30.2 Å². The van der Waals surface area contributed by atoms with Crippen LogP contribution in [0.25, 0.3) is 11.4 Å². The molecule has 1 aromatic carbocycles. The monoisotopic (exact) mass is 469 g/mol. The summed E-state index contributed by atoms with van der Waals surface area (Å²) in [5, 5.41) is 10.2. The Labute approximate surface area is 200 Å². The molecule has 0 unspecified atom stereocenters. The first-order valence-electron chi connectivity index (χ1n) is 12.5. The first kappa shape index (κ1) is 24.0. The second-order valence-electron chi connectivity index (χ2n) is 9.08. The molecule has 2 heterocycles. The molecule has 4 rings (SSSR count). The lowest BCUT2D eigenvalue weighted by molar-refractivity contribution is -0.132. The molecule has 1 aliphatic heterocycles. The summed E-state index contributed by atoms with van der Waals surface area (Å²) in [5.74, 6) is 1.83. The van der Waals surface area contributed by atoms with Gasteiger partial charge in [-0.1, -0.05) is 24.4 Å². The Hall–Kier alpha value is -3.10. The molecule has 2 aromatic rings. The Balaban J connectivity index is 1.17. The van der Waals surface area contributed by atoms with Gasteiger partial charge in [0, 0.05) is 43.6 Å². The van der Waals surface area contributed by atoms with Gasteiger partial charge in [-0.3, -0.25) is 4.79 Å². The summed E-state index contributed by atoms with van der Waals surface area (Å²) in [6, 6.07) is 7.86. The fourth-order valence-corrected chi connectivity index (χ4v) is 4.65. The van der Waals surface area contributed by atoms with Gasteiger partial charge in [-0.15, -0.1) is 0 Å². The summed E-state index contributed by atoms with van der Waals surface area (Å²) in [4.78, 5) is 31.2. The zero-order chi connectivity index (χ0) is 23.8. The molecule has 0 radical (unpaired) electrons. The second-order valence-corrected chi connectivity index (χ2v) is 9.08. The third-order valence-corrected chi connectivity index (χ3v) is 6.57. The lowest BCUT2D eigenvalue weighted by Gasteiger charge is -2.33. The van der Waals surface area contributed by atoms with Crippen LogP contribution in [0, 0.1) is 0 Å². The maximum atomic E-state index is 12.7. The fourth-order valence-electron chi connectivity index (χ4n) is 4.65. The summed E-state index contributed by atoms with van der Waals surface area (Å²) in [6.45, 7) is 3.85. The topological polar surface area (TPSA) is 110 Å². The van der Waals surface area contributed by atoms with Crippen molar-refractivity contribution in [2.45, 2.75) is 76.8 Å². The maximum Gasteiger partial charge on any atom is 0.315 e. The maximum absolute atomic E-state index is 12.7. The quantitative estimate of drug-likeness (QED) is 0.610. The highest BCUT2D eigenvalue weighted by Crippen LogP contribution is 2.21. The van der Waals surface area contributed by atoms with Gasteiger partial charge < -0.3 is 24.8 Å². The van der Waals surface area contributed by atoms with Crippen molar-refractivity contribution in [3.8, 4) is 17.1 Å². The summed E-state index contributed by atoms with van der Waals surface area (Å²) in [6.07, 6.45) is 8.07. The van der Waals surface area contributed by atoms with E-state index in [1.807, 2.05) is 36.1 Å². The van der Waals surface area contributed by atoms with Crippen molar-refractivity contribution in [2.75, 3.05) is 19.7 Å². The lowest BCUT2D eigenvalue weighted by Crippen LogP contribution is -2.51. The minimum Gasteiger partial charge on any atom is -0.494 e. The molecule has 9 nitrogen and oxygen atoms in total. The summed E-state index contributed by atoms with van der Waals surface area (Å²) < 4.78 is 10.8. The number of carbonyl (C=O) groups is 2. The average Bonchev–Trinajstić information content (AvgIpc) is 3.33. The Morgan fingerprint density at radius 3 is 2.38 bits per heavy atom. The lowest BCUT2D eigenvalue weighted by atomic mass is 9.96. The van der Waals surface area contributed by atoms with Gasteiger partial charge in [0.15, 0.2) is 0 Å². The number of piperidine rings is 1. The van der Waals surface area contributed by atoms with E-state index in [0.717, 1.165) is 37.0 Å². The molecule has 1 aliphatic carbocycles. The van der Waals surface area contributed by atoms with Crippen LogP contribution in [0.1, 0.15) is 64.2 Å². The zero-order valence-corrected chi connectivity index (χ0v) is 19.9. The van der Waals surface area contributed by atoms with Crippen molar-refractivity contribution in [1.82, 2.24) is 25.7 Å². The standard InChI is InChI=1S/C25H35N5O4/c1-2-33-21-10-8-18(9-11-21)24-28-22(34-29-24)12-13-23(31)30-16-14-20(15-17-30)27-25(32)26-19-6-4-3-5-7-19/h8-11,19-20H,2-7,12-17H2,1H3,(H2,26,27,32). The molecule has 2 fully saturated rings. The molecular formula is C25H35N5O4. The van der Waals surface area contributed by atoms with Crippen LogP contribution in [0.5, 0.6) is 5.75 Å². The number of hydrogen-bond donors (Lipinski definition) is 2. The van der Waals surface area contributed by atoms with Crippen LogP contribution in [0.2, 0.25) is 0 Å². The van der Waals surface area contributed by atoms with Crippen molar-refractivity contribution in [2.24, 2.45) is 0 Å². The first-order chi connectivity index (χ1) is 16.6. The van der Waals surface area contributed by atoms with Crippen molar-refractivity contribution >= 4 is 11.9 Å². The highest BCUT2D eigenvalue weighted by atomic mass is 16.5. The van der Waals surface area contributed by atoms with Crippen molar-refractivity contribution in [3.63, 3.8) is 0 Å². The predicted octanol–water partition coefficient (Wildman–Crippen LogP) is 3.69. The molecule has 1 aromatic heterocycles. The SMILES string of the molecule is CCOc1ccc(-c2noc(CCC(=O)N3CCC(NC(=O)NC4CCCCC4)CC3)n2)cc1. The van der Waals surface area contributed by atoms with Crippen LogP contribution in [0.15, 0.2) is 28.8 Å². The molecule has 184 valence electrons. The van der Waals surface area contributed by atoms with Crippen LogP contribution in [-0.2, 0) is 11.2 Å². The number of aryl methyl sites for hydroxylation is 1. The largest absolute Gasteiger partial charge is 0.494 e. The molecular weight excluding hydrogens is 434 g/mol. The second kappa shape index (κ2) is 11.9. The molecule has 0 bridgehead atoms. The third-order valence-electron chi connectivity index (χ3n) is 6.57. The predicted molar refractivity (Wildman–Crippen MR) is 127 cm³/mol. The molecule has 1 saturated carbocycles. The zero-order valence-electron chi connectivity index (χ0n) is 19.9. The first-order valence-corrected chi connectivity index (χ1v) is 12.5. The van der Waals surface area contributed by atoms with E-state index in [1.54, 1.807) is 0 Å². The van der Waals surface area contributed by atoms with Crippen molar-refractivity contribution < 1.29 is 18.8 Å². The van der Waals surface area contributed by atoms with Crippen LogP contribution >= 0.6 is 0 Å². The molecule has 34 heavy (non-hydrogen) atoms. The summed E-state index contributed by atoms with van der Waals surface area (Å²) in [5.41, 5.74) is 0.840. The summed E-state index contributed by atoms with van der Waals surface area (Å²) in [7, 11) is 0. The highest BCUT2D eigenvalue weighted by molar-refractivity contribution is 5.77. The Morgan fingerprint density at radius 1 is 1.03 bits per heavy atom. The van der Waals surface area contributed by atoms with Crippen LogP contribution in [-0.4, -0.2) is 58.8 Å². The van der Waals surface area contributed by atoms with E-state index < -0.39 is 0 Å². The molecule has 2 N–H and O–H groups in total. The number of rotatable bonds is 8. The normalized spacial score (nSPS) is 17.4.